The lowest BCUT2D eigenvalue weighted by molar-refractivity contribution is 0.794. The predicted octanol–water partition coefficient (Wildman–Crippen LogP) is 14.9. The third-order valence-corrected chi connectivity index (χ3v) is 14.1. The molecule has 2 aromatic heterocycles. The van der Waals surface area contributed by atoms with Crippen molar-refractivity contribution >= 4 is 31.5 Å². The molecule has 0 aliphatic heterocycles. The minimum atomic E-state index is -0.465. The van der Waals surface area contributed by atoms with Crippen LogP contribution in [-0.2, 0) is 5.41 Å². The average Bonchev–Trinajstić information content (AvgIpc) is 3.98. The molecule has 9 aromatic carbocycles. The zero-order valence-electron chi connectivity index (χ0n) is 33.5. The van der Waals surface area contributed by atoms with Gasteiger partial charge in [-0.05, 0) is 85.0 Å². The van der Waals surface area contributed by atoms with Crippen LogP contribution in [0.4, 0.5) is 0 Å². The average molecular weight is 806 g/mol. The van der Waals surface area contributed by atoms with Crippen LogP contribution in [0.1, 0.15) is 22.3 Å². The molecule has 0 unspecified atom stereocenters. The van der Waals surface area contributed by atoms with Crippen molar-refractivity contribution in [2.75, 3.05) is 0 Å². The summed E-state index contributed by atoms with van der Waals surface area (Å²) in [5.74, 6) is 1.92. The van der Waals surface area contributed by atoms with Gasteiger partial charge in [-0.1, -0.05) is 194 Å². The van der Waals surface area contributed by atoms with Crippen LogP contribution in [0, 0.1) is 0 Å². The summed E-state index contributed by atoms with van der Waals surface area (Å²) in [5, 5.41) is 2.59. The molecule has 2 aliphatic carbocycles. The lowest BCUT2D eigenvalue weighted by Crippen LogP contribution is -2.25. The van der Waals surface area contributed by atoms with Gasteiger partial charge in [0.15, 0.2) is 17.5 Å². The maximum Gasteiger partial charge on any atom is 0.164 e. The van der Waals surface area contributed by atoms with Crippen molar-refractivity contribution in [3.05, 3.63) is 235 Å². The molecule has 0 radical (unpaired) electrons. The molecule has 0 N–H and O–H groups in total. The second kappa shape index (κ2) is 13.6. The Bertz CT molecular complexity index is 3500. The highest BCUT2D eigenvalue weighted by atomic mass is 32.1. The summed E-state index contributed by atoms with van der Waals surface area (Å²) in [5.41, 5.74) is 17.3. The molecule has 0 saturated carbocycles. The van der Waals surface area contributed by atoms with Crippen LogP contribution in [0.25, 0.3) is 98.8 Å². The van der Waals surface area contributed by atoms with E-state index in [-0.39, 0.29) is 0 Å². The van der Waals surface area contributed by atoms with E-state index < -0.39 is 5.41 Å². The van der Waals surface area contributed by atoms with Gasteiger partial charge >= 0.3 is 0 Å². The minimum absolute atomic E-state index is 0.465. The molecular weight excluding hydrogens is 771 g/mol. The smallest absolute Gasteiger partial charge is 0.164 e. The van der Waals surface area contributed by atoms with Crippen molar-refractivity contribution < 1.29 is 0 Å². The minimum Gasteiger partial charge on any atom is -0.208 e. The third-order valence-electron chi connectivity index (χ3n) is 13.0. The van der Waals surface area contributed by atoms with Crippen molar-refractivity contribution in [3.8, 4) is 78.7 Å². The van der Waals surface area contributed by atoms with Crippen molar-refractivity contribution in [1.29, 1.82) is 0 Å². The van der Waals surface area contributed by atoms with E-state index >= 15 is 0 Å². The first-order chi connectivity index (χ1) is 30.7. The summed E-state index contributed by atoms with van der Waals surface area (Å²) in [4.78, 5) is 15.8. The van der Waals surface area contributed by atoms with Crippen LogP contribution in [0.2, 0.25) is 0 Å². The molecule has 0 atom stereocenters. The molecule has 4 heteroatoms. The zero-order valence-corrected chi connectivity index (χ0v) is 34.3. The van der Waals surface area contributed by atoms with Crippen molar-refractivity contribution in [1.82, 2.24) is 15.0 Å². The van der Waals surface area contributed by atoms with Gasteiger partial charge in [-0.25, -0.2) is 15.0 Å². The Kier molecular flexibility index (Phi) is 7.69. The van der Waals surface area contributed by atoms with E-state index in [9.17, 15) is 0 Å². The maximum atomic E-state index is 5.31. The Morgan fingerprint density at radius 1 is 0.290 bits per heavy atom. The standard InChI is InChI=1S/C58H35N3S/c1-2-13-36(14-3-1)37-25-29-39(30-26-37)55-59-56(40-31-27-38(28-32-40)42-19-12-24-53-54(42)47-18-7-11-23-52(47)62-53)61-57(60-55)41-33-34-46-45-17-6-10-22-50(45)58(51(46)35-41)48-20-8-4-15-43(48)44-16-5-9-21-49(44)58/h1-35H. The van der Waals surface area contributed by atoms with Crippen LogP contribution < -0.4 is 0 Å². The van der Waals surface area contributed by atoms with E-state index in [4.69, 9.17) is 15.0 Å². The fourth-order valence-corrected chi connectivity index (χ4v) is 11.4. The number of rotatable bonds is 5. The van der Waals surface area contributed by atoms with E-state index in [1.54, 1.807) is 0 Å². The van der Waals surface area contributed by atoms with E-state index in [1.807, 2.05) is 17.4 Å². The van der Waals surface area contributed by atoms with E-state index in [0.29, 0.717) is 17.5 Å². The molecule has 2 aliphatic rings. The molecule has 0 bridgehead atoms. The van der Waals surface area contributed by atoms with Gasteiger partial charge < -0.3 is 0 Å². The first kappa shape index (κ1) is 35.0. The Morgan fingerprint density at radius 2 is 0.726 bits per heavy atom. The number of thiophene rings is 1. The molecule has 3 nitrogen and oxygen atoms in total. The molecule has 0 fully saturated rings. The monoisotopic (exact) mass is 805 g/mol. The second-order valence-corrected chi connectivity index (χ2v) is 17.3. The van der Waals surface area contributed by atoms with Crippen LogP contribution in [0.3, 0.4) is 0 Å². The Balaban J connectivity index is 0.982. The highest BCUT2D eigenvalue weighted by Crippen LogP contribution is 2.63. The molecular formula is C58H35N3S. The summed E-state index contributed by atoms with van der Waals surface area (Å²) in [6.45, 7) is 0. The molecule has 11 aromatic rings. The first-order valence-corrected chi connectivity index (χ1v) is 21.9. The predicted molar refractivity (Wildman–Crippen MR) is 256 cm³/mol. The van der Waals surface area contributed by atoms with Crippen LogP contribution in [-0.4, -0.2) is 15.0 Å². The lowest BCUT2D eigenvalue weighted by Gasteiger charge is -2.30. The highest BCUT2D eigenvalue weighted by molar-refractivity contribution is 7.25. The second-order valence-electron chi connectivity index (χ2n) is 16.3. The summed E-state index contributed by atoms with van der Waals surface area (Å²) in [6.07, 6.45) is 0. The van der Waals surface area contributed by atoms with Crippen LogP contribution >= 0.6 is 11.3 Å². The van der Waals surface area contributed by atoms with Gasteiger partial charge in [-0.3, -0.25) is 0 Å². The summed E-state index contributed by atoms with van der Waals surface area (Å²) in [7, 11) is 0. The fourth-order valence-electron chi connectivity index (χ4n) is 10.3. The molecule has 0 saturated heterocycles. The zero-order chi connectivity index (χ0) is 40.8. The number of hydrogen-bond acceptors (Lipinski definition) is 4. The van der Waals surface area contributed by atoms with E-state index in [1.165, 1.54) is 75.8 Å². The van der Waals surface area contributed by atoms with Gasteiger partial charge in [0.05, 0.1) is 5.41 Å². The Hall–Kier alpha value is -7.79. The number of nitrogens with zero attached hydrogens (tertiary/aromatic N) is 3. The van der Waals surface area contributed by atoms with E-state index in [2.05, 4.69) is 206 Å². The first-order valence-electron chi connectivity index (χ1n) is 21.1. The fraction of sp³-hybridized carbons (Fsp3) is 0.0172. The molecule has 1 spiro atoms. The van der Waals surface area contributed by atoms with Gasteiger partial charge in [0.25, 0.3) is 0 Å². The van der Waals surface area contributed by atoms with Gasteiger partial charge in [0.2, 0.25) is 0 Å². The van der Waals surface area contributed by atoms with Crippen LogP contribution in [0.5, 0.6) is 0 Å². The van der Waals surface area contributed by atoms with Gasteiger partial charge in [0.1, 0.15) is 0 Å². The summed E-state index contributed by atoms with van der Waals surface area (Å²) < 4.78 is 2.60. The quantitative estimate of drug-likeness (QED) is 0.174. The van der Waals surface area contributed by atoms with E-state index in [0.717, 1.165) is 27.8 Å². The number of hydrogen-bond donors (Lipinski definition) is 0. The number of benzene rings is 9. The van der Waals surface area contributed by atoms with Gasteiger partial charge in [0, 0.05) is 36.9 Å². The molecule has 13 rings (SSSR count). The molecule has 288 valence electrons. The highest BCUT2D eigenvalue weighted by Gasteiger charge is 2.51. The topological polar surface area (TPSA) is 38.7 Å². The molecule has 0 amide bonds. The maximum absolute atomic E-state index is 5.31. The normalized spacial score (nSPS) is 13.0. The third kappa shape index (κ3) is 5.14. The van der Waals surface area contributed by atoms with Crippen molar-refractivity contribution in [2.24, 2.45) is 0 Å². The number of aromatic nitrogens is 3. The Morgan fingerprint density at radius 3 is 1.35 bits per heavy atom. The van der Waals surface area contributed by atoms with Gasteiger partial charge in [-0.2, -0.15) is 0 Å². The number of fused-ring (bicyclic) bond motifs is 13. The van der Waals surface area contributed by atoms with Crippen LogP contribution in [0.15, 0.2) is 212 Å². The Labute approximate surface area is 363 Å². The largest absolute Gasteiger partial charge is 0.208 e. The molecule has 62 heavy (non-hydrogen) atoms. The molecule has 2 heterocycles. The SMILES string of the molecule is c1ccc(-c2ccc(-c3nc(-c4ccc(-c5cccc6sc7ccccc7c56)cc4)nc(-c4ccc5c(c4)C4(c6ccccc6-c6ccccc64)c4ccccc4-5)n3)cc2)cc1. The summed E-state index contributed by atoms with van der Waals surface area (Å²) >= 11 is 1.85. The summed E-state index contributed by atoms with van der Waals surface area (Å²) in [6, 6.07) is 76.7. The van der Waals surface area contributed by atoms with Crippen molar-refractivity contribution in [3.63, 3.8) is 0 Å². The van der Waals surface area contributed by atoms with Gasteiger partial charge in [-0.15, -0.1) is 11.3 Å². The van der Waals surface area contributed by atoms with Crippen molar-refractivity contribution in [2.45, 2.75) is 5.41 Å². The lowest BCUT2D eigenvalue weighted by atomic mass is 9.70.